The normalized spacial score (nSPS) is 15.1. The Morgan fingerprint density at radius 2 is 2.14 bits per heavy atom. The second-order valence-corrected chi connectivity index (χ2v) is 3.33. The number of halogens is 2. The number of aliphatic hydroxyl groups excluding tert-OH is 2. The van der Waals surface area contributed by atoms with E-state index in [4.69, 9.17) is 28.9 Å². The van der Waals surface area contributed by atoms with Gasteiger partial charge in [-0.15, -0.1) is 11.6 Å². The molecule has 2 atom stereocenters. The zero-order valence-electron chi connectivity index (χ0n) is 7.06. The van der Waals surface area contributed by atoms with Gasteiger partial charge >= 0.3 is 0 Å². The predicted molar refractivity (Wildman–Crippen MR) is 53.1 cm³/mol. The Morgan fingerprint density at radius 3 is 2.64 bits per heavy atom. The van der Waals surface area contributed by atoms with Crippen molar-refractivity contribution >= 4 is 29.0 Å². The Bertz CT molecular complexity index is 324. The molecule has 1 rings (SSSR count). The van der Waals surface area contributed by atoms with Gasteiger partial charge in [-0.2, -0.15) is 0 Å². The first-order valence-electron chi connectivity index (χ1n) is 3.76. The van der Waals surface area contributed by atoms with E-state index < -0.39 is 12.2 Å². The van der Waals surface area contributed by atoms with Gasteiger partial charge < -0.3 is 15.9 Å². The molecule has 1 aromatic rings. The number of hydrogen-bond donors (Lipinski definition) is 3. The number of aromatic nitrogens is 2. The molecule has 7 heteroatoms. The summed E-state index contributed by atoms with van der Waals surface area (Å²) in [7, 11) is 0. The zero-order chi connectivity index (χ0) is 10.7. The molecule has 0 radical (unpaired) electrons. The van der Waals surface area contributed by atoms with E-state index >= 15 is 0 Å². The number of alkyl halides is 1. The van der Waals surface area contributed by atoms with Gasteiger partial charge in [0, 0.05) is 0 Å². The van der Waals surface area contributed by atoms with Crippen molar-refractivity contribution in [1.29, 1.82) is 0 Å². The van der Waals surface area contributed by atoms with Crippen molar-refractivity contribution in [3.05, 3.63) is 17.0 Å². The summed E-state index contributed by atoms with van der Waals surface area (Å²) in [5, 5.41) is 18.9. The highest BCUT2D eigenvalue weighted by Crippen LogP contribution is 2.21. The smallest absolute Gasteiger partial charge is 0.149 e. The van der Waals surface area contributed by atoms with E-state index in [0.29, 0.717) is 0 Å². The van der Waals surface area contributed by atoms with Gasteiger partial charge in [-0.25, -0.2) is 4.98 Å². The van der Waals surface area contributed by atoms with Gasteiger partial charge in [0.05, 0.1) is 18.2 Å². The quantitative estimate of drug-likeness (QED) is 0.660. The van der Waals surface area contributed by atoms with Crippen LogP contribution in [0.4, 0.5) is 5.82 Å². The Kier molecular flexibility index (Phi) is 3.88. The summed E-state index contributed by atoms with van der Waals surface area (Å²) in [5.41, 5.74) is 5.51. The Morgan fingerprint density at radius 1 is 1.50 bits per heavy atom. The first-order valence-corrected chi connectivity index (χ1v) is 4.67. The summed E-state index contributed by atoms with van der Waals surface area (Å²) < 4.78 is 0. The highest BCUT2D eigenvalue weighted by molar-refractivity contribution is 6.29. The van der Waals surface area contributed by atoms with Crippen LogP contribution >= 0.6 is 23.2 Å². The van der Waals surface area contributed by atoms with Crippen LogP contribution in [0.2, 0.25) is 5.15 Å². The predicted octanol–water partition coefficient (Wildman–Crippen LogP) is 0.345. The molecular weight excluding hydrogens is 229 g/mol. The van der Waals surface area contributed by atoms with E-state index in [-0.39, 0.29) is 22.5 Å². The van der Waals surface area contributed by atoms with E-state index in [1.165, 1.54) is 6.20 Å². The third-order valence-corrected chi connectivity index (χ3v) is 2.10. The van der Waals surface area contributed by atoms with Gasteiger partial charge in [-0.05, 0) is 0 Å². The van der Waals surface area contributed by atoms with Crippen molar-refractivity contribution in [2.45, 2.75) is 12.2 Å². The molecule has 0 spiro atoms. The minimum Gasteiger partial charge on any atom is -0.389 e. The van der Waals surface area contributed by atoms with E-state index in [0.717, 1.165) is 0 Å². The van der Waals surface area contributed by atoms with Crippen LogP contribution in [0.1, 0.15) is 11.8 Å². The first kappa shape index (κ1) is 11.5. The van der Waals surface area contributed by atoms with Crippen LogP contribution in [-0.2, 0) is 0 Å². The molecule has 0 amide bonds. The largest absolute Gasteiger partial charge is 0.389 e. The molecule has 0 aromatic carbocycles. The average molecular weight is 238 g/mol. The van der Waals surface area contributed by atoms with Crippen molar-refractivity contribution < 1.29 is 10.2 Å². The van der Waals surface area contributed by atoms with Gasteiger partial charge in [-0.3, -0.25) is 4.98 Å². The third kappa shape index (κ3) is 2.45. The molecule has 4 N–H and O–H groups in total. The molecule has 0 fully saturated rings. The Hall–Kier alpha value is -0.620. The number of rotatable bonds is 3. The van der Waals surface area contributed by atoms with E-state index in [1.54, 1.807) is 0 Å². The van der Waals surface area contributed by atoms with E-state index in [1.807, 2.05) is 0 Å². The fourth-order valence-electron chi connectivity index (χ4n) is 0.885. The fourth-order valence-corrected chi connectivity index (χ4v) is 1.19. The summed E-state index contributed by atoms with van der Waals surface area (Å²) in [6, 6.07) is 0. The Balaban J connectivity index is 2.95. The molecule has 0 aliphatic carbocycles. The molecule has 78 valence electrons. The summed E-state index contributed by atoms with van der Waals surface area (Å²) in [6.45, 7) is 0. The van der Waals surface area contributed by atoms with Crippen molar-refractivity contribution in [3.63, 3.8) is 0 Å². The molecular formula is C7H9Cl2N3O2. The maximum atomic E-state index is 9.50. The van der Waals surface area contributed by atoms with Crippen LogP contribution in [-0.4, -0.2) is 32.2 Å². The second kappa shape index (κ2) is 4.75. The van der Waals surface area contributed by atoms with Gasteiger partial charge in [-0.1, -0.05) is 11.6 Å². The lowest BCUT2D eigenvalue weighted by atomic mass is 10.1. The van der Waals surface area contributed by atoms with Gasteiger partial charge in [0.2, 0.25) is 0 Å². The summed E-state index contributed by atoms with van der Waals surface area (Å²) in [5.74, 6) is -0.139. The number of nitrogens with two attached hydrogens (primary N) is 1. The molecule has 2 unspecified atom stereocenters. The third-order valence-electron chi connectivity index (χ3n) is 1.60. The molecule has 14 heavy (non-hydrogen) atoms. The van der Waals surface area contributed by atoms with Crippen LogP contribution in [0.25, 0.3) is 0 Å². The number of hydrogen-bond acceptors (Lipinski definition) is 5. The maximum absolute atomic E-state index is 9.50. The standard InChI is InChI=1S/C7H9Cl2N3O2/c8-1-3(13)6(14)5-7(10)12-4(9)2-11-5/h2-3,6,13-14H,1H2,(H2,10,12). The number of nitrogens with zero attached hydrogens (tertiary/aromatic N) is 2. The lowest BCUT2D eigenvalue weighted by Gasteiger charge is -2.15. The number of anilines is 1. The molecule has 1 heterocycles. The average Bonchev–Trinajstić information content (AvgIpc) is 2.15. The highest BCUT2D eigenvalue weighted by atomic mass is 35.5. The van der Waals surface area contributed by atoms with Crippen LogP contribution in [0.15, 0.2) is 6.20 Å². The molecule has 0 bridgehead atoms. The van der Waals surface area contributed by atoms with E-state index in [9.17, 15) is 10.2 Å². The van der Waals surface area contributed by atoms with Crippen molar-refractivity contribution in [2.24, 2.45) is 0 Å². The number of nitrogen functional groups attached to an aromatic ring is 1. The van der Waals surface area contributed by atoms with Crippen LogP contribution in [0.5, 0.6) is 0 Å². The second-order valence-electron chi connectivity index (χ2n) is 2.63. The lowest BCUT2D eigenvalue weighted by Crippen LogP contribution is -2.22. The zero-order valence-corrected chi connectivity index (χ0v) is 8.57. The van der Waals surface area contributed by atoms with Crippen LogP contribution in [0, 0.1) is 0 Å². The summed E-state index contributed by atoms with van der Waals surface area (Å²) >= 11 is 10.9. The van der Waals surface area contributed by atoms with Crippen LogP contribution in [0.3, 0.4) is 0 Å². The fraction of sp³-hybridized carbons (Fsp3) is 0.429. The van der Waals surface area contributed by atoms with Gasteiger partial charge in [0.1, 0.15) is 22.8 Å². The molecule has 0 saturated heterocycles. The Labute approximate surface area is 90.5 Å². The SMILES string of the molecule is Nc1nc(Cl)cnc1C(O)C(O)CCl. The summed E-state index contributed by atoms with van der Waals surface area (Å²) in [4.78, 5) is 7.44. The highest BCUT2D eigenvalue weighted by Gasteiger charge is 2.21. The molecule has 5 nitrogen and oxygen atoms in total. The number of aliphatic hydroxyl groups is 2. The van der Waals surface area contributed by atoms with Gasteiger partial charge in [0.25, 0.3) is 0 Å². The monoisotopic (exact) mass is 237 g/mol. The minimum absolute atomic E-state index is 0.0193. The first-order chi connectivity index (χ1) is 6.56. The van der Waals surface area contributed by atoms with Crippen molar-refractivity contribution in [2.75, 3.05) is 11.6 Å². The van der Waals surface area contributed by atoms with Crippen LogP contribution < -0.4 is 5.73 Å². The molecule has 1 aromatic heterocycles. The summed E-state index contributed by atoms with van der Waals surface area (Å²) in [6.07, 6.45) is -1.15. The van der Waals surface area contributed by atoms with Gasteiger partial charge in [0.15, 0.2) is 0 Å². The van der Waals surface area contributed by atoms with E-state index in [2.05, 4.69) is 9.97 Å². The maximum Gasteiger partial charge on any atom is 0.149 e. The van der Waals surface area contributed by atoms with Crippen molar-refractivity contribution in [1.82, 2.24) is 9.97 Å². The minimum atomic E-state index is -1.25. The lowest BCUT2D eigenvalue weighted by molar-refractivity contribution is 0.0303. The van der Waals surface area contributed by atoms with Crippen molar-refractivity contribution in [3.8, 4) is 0 Å². The molecule has 0 aliphatic heterocycles. The topological polar surface area (TPSA) is 92.3 Å². The molecule has 0 aliphatic rings. The molecule has 0 saturated carbocycles.